The number of benzene rings is 1. The zero-order valence-corrected chi connectivity index (χ0v) is 12.3. The van der Waals surface area contributed by atoms with E-state index in [1.807, 2.05) is 0 Å². The van der Waals surface area contributed by atoms with Crippen molar-refractivity contribution in [2.24, 2.45) is 11.7 Å². The maximum Gasteiger partial charge on any atom is 0.270 e. The predicted octanol–water partition coefficient (Wildman–Crippen LogP) is 2.38. The lowest BCUT2D eigenvalue weighted by molar-refractivity contribution is -0.384. The molecular weight excluding hydrogens is 294 g/mol. The van der Waals surface area contributed by atoms with Gasteiger partial charge in [0, 0.05) is 30.6 Å². The molecule has 1 aliphatic carbocycles. The van der Waals surface area contributed by atoms with Crippen molar-refractivity contribution in [1.82, 2.24) is 5.32 Å². The molecule has 6 nitrogen and oxygen atoms in total. The maximum absolute atomic E-state index is 11.1. The van der Waals surface area contributed by atoms with Crippen molar-refractivity contribution in [2.45, 2.75) is 38.3 Å². The van der Waals surface area contributed by atoms with Gasteiger partial charge in [0.05, 0.1) is 9.95 Å². The number of primary amides is 1. The molecule has 114 valence electrons. The van der Waals surface area contributed by atoms with Crippen LogP contribution in [0.3, 0.4) is 0 Å². The molecule has 2 rings (SSSR count). The zero-order chi connectivity index (χ0) is 15.4. The number of nitrogens with zero attached hydrogens (tertiary/aromatic N) is 1. The van der Waals surface area contributed by atoms with E-state index in [0.29, 0.717) is 17.6 Å². The first-order valence-electron chi connectivity index (χ1n) is 6.93. The number of nitrogens with one attached hydrogen (secondary N) is 1. The van der Waals surface area contributed by atoms with Gasteiger partial charge in [0.2, 0.25) is 5.91 Å². The Morgan fingerprint density at radius 3 is 2.57 bits per heavy atom. The molecule has 0 unspecified atom stereocenters. The van der Waals surface area contributed by atoms with Crippen LogP contribution >= 0.6 is 11.6 Å². The Bertz CT molecular complexity index is 542. The normalized spacial score (nSPS) is 22.0. The van der Waals surface area contributed by atoms with Crippen LogP contribution < -0.4 is 11.1 Å². The summed E-state index contributed by atoms with van der Waals surface area (Å²) in [6.45, 7) is 0.558. The summed E-state index contributed by atoms with van der Waals surface area (Å²) >= 11 is 6.05. The second-order valence-electron chi connectivity index (χ2n) is 5.36. The van der Waals surface area contributed by atoms with Gasteiger partial charge in [-0.3, -0.25) is 14.9 Å². The molecule has 0 bridgehead atoms. The van der Waals surface area contributed by atoms with Crippen LogP contribution in [0.25, 0.3) is 0 Å². The van der Waals surface area contributed by atoms with Crippen molar-refractivity contribution >= 4 is 23.2 Å². The van der Waals surface area contributed by atoms with E-state index in [4.69, 9.17) is 17.3 Å². The molecule has 0 saturated heterocycles. The molecule has 0 spiro atoms. The van der Waals surface area contributed by atoms with Crippen LogP contribution in [-0.2, 0) is 11.3 Å². The summed E-state index contributed by atoms with van der Waals surface area (Å²) in [5.41, 5.74) is 6.13. The molecule has 1 fully saturated rings. The highest BCUT2D eigenvalue weighted by Gasteiger charge is 2.24. The molecule has 7 heteroatoms. The van der Waals surface area contributed by atoms with Crippen LogP contribution in [0.5, 0.6) is 0 Å². The van der Waals surface area contributed by atoms with Crippen molar-refractivity contribution < 1.29 is 9.72 Å². The van der Waals surface area contributed by atoms with E-state index < -0.39 is 4.92 Å². The standard InChI is InChI=1S/C14H18ClN3O3/c15-13-7-12(18(20)21)6-3-10(13)8-17-11-4-1-9(2-5-11)14(16)19/h3,6-7,9,11,17H,1-2,4-5,8H2,(H2,16,19). The van der Waals surface area contributed by atoms with E-state index in [0.717, 1.165) is 31.2 Å². The van der Waals surface area contributed by atoms with Crippen molar-refractivity contribution in [2.75, 3.05) is 0 Å². The van der Waals surface area contributed by atoms with Gasteiger partial charge in [-0.25, -0.2) is 0 Å². The van der Waals surface area contributed by atoms with E-state index >= 15 is 0 Å². The Balaban J connectivity index is 1.87. The van der Waals surface area contributed by atoms with Gasteiger partial charge < -0.3 is 11.1 Å². The lowest BCUT2D eigenvalue weighted by Crippen LogP contribution is -2.36. The van der Waals surface area contributed by atoms with Crippen molar-refractivity contribution in [3.63, 3.8) is 0 Å². The number of hydrogen-bond donors (Lipinski definition) is 2. The Kier molecular flexibility index (Phi) is 5.14. The molecule has 1 aromatic rings. The highest BCUT2D eigenvalue weighted by molar-refractivity contribution is 6.31. The SMILES string of the molecule is NC(=O)C1CCC(NCc2ccc([N+](=O)[O-])cc2Cl)CC1. The molecule has 21 heavy (non-hydrogen) atoms. The molecule has 0 aliphatic heterocycles. The Hall–Kier alpha value is -1.66. The van der Waals surface area contributed by atoms with E-state index in [1.165, 1.54) is 12.1 Å². The summed E-state index contributed by atoms with van der Waals surface area (Å²) in [7, 11) is 0. The van der Waals surface area contributed by atoms with Gasteiger partial charge in [-0.2, -0.15) is 0 Å². The van der Waals surface area contributed by atoms with Crippen LogP contribution in [0.1, 0.15) is 31.2 Å². The number of amides is 1. The summed E-state index contributed by atoms with van der Waals surface area (Å²) in [5, 5.41) is 14.4. The monoisotopic (exact) mass is 311 g/mol. The fourth-order valence-electron chi connectivity index (χ4n) is 2.63. The molecule has 1 aliphatic rings. The van der Waals surface area contributed by atoms with Gasteiger partial charge in [0.25, 0.3) is 5.69 Å². The first kappa shape index (κ1) is 15.7. The first-order valence-corrected chi connectivity index (χ1v) is 7.30. The summed E-state index contributed by atoms with van der Waals surface area (Å²) in [4.78, 5) is 21.3. The molecule has 0 aromatic heterocycles. The van der Waals surface area contributed by atoms with Gasteiger partial charge in [-0.15, -0.1) is 0 Å². The number of nitro benzene ring substituents is 1. The number of non-ortho nitro benzene ring substituents is 1. The minimum absolute atomic E-state index is 0.00832. The fourth-order valence-corrected chi connectivity index (χ4v) is 2.87. The second-order valence-corrected chi connectivity index (χ2v) is 5.77. The van der Waals surface area contributed by atoms with Gasteiger partial charge in [-0.05, 0) is 37.3 Å². The lowest BCUT2D eigenvalue weighted by Gasteiger charge is -2.27. The zero-order valence-electron chi connectivity index (χ0n) is 11.5. The fraction of sp³-hybridized carbons (Fsp3) is 0.500. The number of nitrogens with two attached hydrogens (primary N) is 1. The number of halogens is 1. The predicted molar refractivity (Wildman–Crippen MR) is 79.9 cm³/mol. The number of rotatable bonds is 5. The number of hydrogen-bond acceptors (Lipinski definition) is 4. The molecule has 3 N–H and O–H groups in total. The van der Waals surface area contributed by atoms with Crippen LogP contribution in [0, 0.1) is 16.0 Å². The molecule has 0 radical (unpaired) electrons. The average molecular weight is 312 g/mol. The van der Waals surface area contributed by atoms with Crippen LogP contribution in [0.2, 0.25) is 5.02 Å². The van der Waals surface area contributed by atoms with Crippen LogP contribution in [0.15, 0.2) is 18.2 Å². The topological polar surface area (TPSA) is 98.3 Å². The molecular formula is C14H18ClN3O3. The van der Waals surface area contributed by atoms with E-state index in [9.17, 15) is 14.9 Å². The Morgan fingerprint density at radius 1 is 1.38 bits per heavy atom. The third-order valence-electron chi connectivity index (χ3n) is 3.96. The average Bonchev–Trinajstić information content (AvgIpc) is 2.46. The highest BCUT2D eigenvalue weighted by Crippen LogP contribution is 2.26. The lowest BCUT2D eigenvalue weighted by atomic mass is 9.85. The Morgan fingerprint density at radius 2 is 2.05 bits per heavy atom. The quantitative estimate of drug-likeness (QED) is 0.644. The molecule has 1 amide bonds. The smallest absolute Gasteiger partial charge is 0.270 e. The summed E-state index contributed by atoms with van der Waals surface area (Å²) in [5.74, 6) is -0.224. The largest absolute Gasteiger partial charge is 0.369 e. The van der Waals surface area contributed by atoms with Crippen molar-refractivity contribution in [3.8, 4) is 0 Å². The summed E-state index contributed by atoms with van der Waals surface area (Å²) in [6, 6.07) is 4.81. The van der Waals surface area contributed by atoms with Crippen LogP contribution in [-0.4, -0.2) is 16.9 Å². The van der Waals surface area contributed by atoms with E-state index in [2.05, 4.69) is 5.32 Å². The number of carbonyl (C=O) groups is 1. The third-order valence-corrected chi connectivity index (χ3v) is 4.31. The van der Waals surface area contributed by atoms with Crippen molar-refractivity contribution in [1.29, 1.82) is 0 Å². The number of nitro groups is 1. The number of carbonyl (C=O) groups excluding carboxylic acids is 1. The molecule has 1 aromatic carbocycles. The van der Waals surface area contributed by atoms with Gasteiger partial charge in [-0.1, -0.05) is 11.6 Å². The highest BCUT2D eigenvalue weighted by atomic mass is 35.5. The summed E-state index contributed by atoms with van der Waals surface area (Å²) < 4.78 is 0. The van der Waals surface area contributed by atoms with Gasteiger partial charge in [0.1, 0.15) is 0 Å². The molecule has 1 saturated carbocycles. The second kappa shape index (κ2) is 6.87. The van der Waals surface area contributed by atoms with Gasteiger partial charge in [0.15, 0.2) is 0 Å². The minimum Gasteiger partial charge on any atom is -0.369 e. The molecule has 0 atom stereocenters. The third kappa shape index (κ3) is 4.15. The van der Waals surface area contributed by atoms with E-state index in [1.54, 1.807) is 6.07 Å². The molecule has 0 heterocycles. The minimum atomic E-state index is -0.464. The van der Waals surface area contributed by atoms with E-state index in [-0.39, 0.29) is 17.5 Å². The van der Waals surface area contributed by atoms with Crippen LogP contribution in [0.4, 0.5) is 5.69 Å². The first-order chi connectivity index (χ1) is 9.97. The van der Waals surface area contributed by atoms with Gasteiger partial charge >= 0.3 is 0 Å². The maximum atomic E-state index is 11.1. The summed E-state index contributed by atoms with van der Waals surface area (Å²) in [6.07, 6.45) is 3.42. The van der Waals surface area contributed by atoms with Crippen molar-refractivity contribution in [3.05, 3.63) is 38.9 Å². The Labute approximate surface area is 127 Å².